The van der Waals surface area contributed by atoms with Crippen LogP contribution in [-0.4, -0.2) is 38.0 Å². The molecular weight excluding hydrogens is 211 g/mol. The van der Waals surface area contributed by atoms with Crippen molar-refractivity contribution >= 4 is 17.9 Å². The molecule has 0 aromatic carbocycles. The molecule has 0 fully saturated rings. The summed E-state index contributed by atoms with van der Waals surface area (Å²) in [5.41, 5.74) is 0. The second-order valence-electron chi connectivity index (χ2n) is 2.27. The number of rotatable bonds is 6. The van der Waals surface area contributed by atoms with Gasteiger partial charge in [0, 0.05) is 0 Å². The number of carbonyl (C=O) groups is 3. The van der Waals surface area contributed by atoms with Gasteiger partial charge < -0.3 is 14.2 Å². The predicted octanol–water partition coefficient (Wildman–Crippen LogP) is -0.0470. The summed E-state index contributed by atoms with van der Waals surface area (Å²) in [4.78, 5) is 31.7. The number of esters is 3. The van der Waals surface area contributed by atoms with Crippen molar-refractivity contribution in [3.8, 4) is 0 Å². The lowest BCUT2D eigenvalue weighted by Gasteiger charge is -2.04. The number of carbonyl (C=O) groups excluding carboxylic acids is 3. The molecule has 15 heavy (non-hydrogen) atoms. The molecule has 0 spiro atoms. The lowest BCUT2D eigenvalue weighted by molar-refractivity contribution is -0.169. The van der Waals surface area contributed by atoms with E-state index in [0.717, 1.165) is 0 Å². The van der Waals surface area contributed by atoms with Crippen molar-refractivity contribution in [2.45, 2.75) is 13.3 Å². The van der Waals surface area contributed by atoms with Gasteiger partial charge in [-0.2, -0.15) is 0 Å². The Hall–Kier alpha value is -1.66. The van der Waals surface area contributed by atoms with E-state index in [1.807, 2.05) is 0 Å². The lowest BCUT2D eigenvalue weighted by atomic mass is 10.4. The van der Waals surface area contributed by atoms with Gasteiger partial charge in [-0.05, 0) is 6.92 Å². The fraction of sp³-hybridized carbons (Fsp3) is 0.625. The Labute approximate surface area is 85.3 Å². The predicted molar refractivity (Wildman–Crippen MR) is 44.3 cm³/mol. The Balaban J connectivity index is 3.57. The van der Waals surface area contributed by atoms with Crippen molar-refractivity contribution in [2.24, 2.45) is 0 Å². The maximum absolute atomic E-state index is 11.5. The van der Waals surface area contributed by atoms with Crippen LogP contribution in [0.4, 0.5) is 4.39 Å². The van der Waals surface area contributed by atoms with Gasteiger partial charge in [-0.1, -0.05) is 0 Å². The van der Waals surface area contributed by atoms with Crippen molar-refractivity contribution in [2.75, 3.05) is 20.1 Å². The molecule has 0 N–H and O–H groups in total. The number of hydrogen-bond donors (Lipinski definition) is 0. The van der Waals surface area contributed by atoms with Gasteiger partial charge in [-0.25, -0.2) is 9.18 Å². The molecule has 7 heteroatoms. The number of alkyl halides is 1. The third-order valence-corrected chi connectivity index (χ3v) is 1.14. The van der Waals surface area contributed by atoms with Crippen molar-refractivity contribution in [1.82, 2.24) is 0 Å². The van der Waals surface area contributed by atoms with Crippen LogP contribution in [0.1, 0.15) is 13.3 Å². The first-order chi connectivity index (χ1) is 7.10. The molecule has 86 valence electrons. The molecule has 0 unspecified atom stereocenters. The molecule has 0 amide bonds. The molecule has 0 atom stereocenters. The summed E-state index contributed by atoms with van der Waals surface area (Å²) >= 11 is 0. The summed E-state index contributed by atoms with van der Waals surface area (Å²) in [6.07, 6.45) is -0.568. The first-order valence-electron chi connectivity index (χ1n) is 4.13. The van der Waals surface area contributed by atoms with Gasteiger partial charge in [0.2, 0.25) is 6.79 Å². The van der Waals surface area contributed by atoms with E-state index in [-0.39, 0.29) is 6.61 Å². The molecule has 0 aliphatic rings. The molecule has 0 aromatic heterocycles. The van der Waals surface area contributed by atoms with Crippen molar-refractivity contribution in [3.05, 3.63) is 0 Å². The monoisotopic (exact) mass is 222 g/mol. The molecule has 0 saturated heterocycles. The van der Waals surface area contributed by atoms with Crippen LogP contribution >= 0.6 is 0 Å². The zero-order valence-corrected chi connectivity index (χ0v) is 8.16. The van der Waals surface area contributed by atoms with E-state index in [9.17, 15) is 18.8 Å². The molecule has 0 bridgehead atoms. The topological polar surface area (TPSA) is 78.9 Å². The fourth-order valence-corrected chi connectivity index (χ4v) is 0.580. The highest BCUT2D eigenvalue weighted by Gasteiger charge is 2.12. The SMILES string of the molecule is CCOC(=O)CC(=O)OCOC(=O)CF. The van der Waals surface area contributed by atoms with Gasteiger partial charge in [0.05, 0.1) is 6.61 Å². The van der Waals surface area contributed by atoms with Crippen LogP contribution in [0.2, 0.25) is 0 Å². The zero-order chi connectivity index (χ0) is 11.7. The van der Waals surface area contributed by atoms with E-state index < -0.39 is 37.8 Å². The quantitative estimate of drug-likeness (QED) is 0.356. The van der Waals surface area contributed by atoms with Gasteiger partial charge in [-0.3, -0.25) is 9.59 Å². The molecule has 0 saturated carbocycles. The first-order valence-corrected chi connectivity index (χ1v) is 4.13. The highest BCUT2D eigenvalue weighted by atomic mass is 19.1. The van der Waals surface area contributed by atoms with Gasteiger partial charge >= 0.3 is 17.9 Å². The Bertz CT molecular complexity index is 239. The van der Waals surface area contributed by atoms with Gasteiger partial charge in [0.25, 0.3) is 0 Å². The summed E-state index contributed by atoms with van der Waals surface area (Å²) < 4.78 is 24.4. The third kappa shape index (κ3) is 7.41. The van der Waals surface area contributed by atoms with Gasteiger partial charge in [0.1, 0.15) is 6.42 Å². The molecule has 0 rings (SSSR count). The van der Waals surface area contributed by atoms with Crippen LogP contribution in [0.25, 0.3) is 0 Å². The van der Waals surface area contributed by atoms with E-state index in [2.05, 4.69) is 14.2 Å². The second-order valence-corrected chi connectivity index (χ2v) is 2.27. The molecule has 0 heterocycles. The van der Waals surface area contributed by atoms with E-state index >= 15 is 0 Å². The second kappa shape index (κ2) is 7.72. The summed E-state index contributed by atoms with van der Waals surface area (Å²) in [6.45, 7) is -0.258. The van der Waals surface area contributed by atoms with Gasteiger partial charge in [0.15, 0.2) is 6.67 Å². The van der Waals surface area contributed by atoms with Crippen LogP contribution in [0.5, 0.6) is 0 Å². The Kier molecular flexibility index (Phi) is 6.86. The molecule has 0 aromatic rings. The van der Waals surface area contributed by atoms with Crippen molar-refractivity contribution in [3.63, 3.8) is 0 Å². The van der Waals surface area contributed by atoms with Crippen LogP contribution in [0, 0.1) is 0 Å². The van der Waals surface area contributed by atoms with Crippen LogP contribution in [0.3, 0.4) is 0 Å². The summed E-state index contributed by atoms with van der Waals surface area (Å²) in [7, 11) is 0. The van der Waals surface area contributed by atoms with Crippen molar-refractivity contribution < 1.29 is 33.0 Å². The number of halogens is 1. The minimum Gasteiger partial charge on any atom is -0.466 e. The molecular formula is C8H11FO6. The van der Waals surface area contributed by atoms with Crippen molar-refractivity contribution in [1.29, 1.82) is 0 Å². The molecule has 0 radical (unpaired) electrons. The summed E-state index contributed by atoms with van der Waals surface area (Å²) in [5, 5.41) is 0. The average Bonchev–Trinajstić information content (AvgIpc) is 2.17. The normalized spacial score (nSPS) is 9.20. The first kappa shape index (κ1) is 13.3. The van der Waals surface area contributed by atoms with E-state index in [4.69, 9.17) is 0 Å². The maximum atomic E-state index is 11.5. The Morgan fingerprint density at radius 2 is 1.53 bits per heavy atom. The highest BCUT2D eigenvalue weighted by Crippen LogP contribution is 1.91. The molecule has 0 aliphatic carbocycles. The average molecular weight is 222 g/mol. The summed E-state index contributed by atoms with van der Waals surface area (Å²) in [6, 6.07) is 0. The minimum atomic E-state index is -1.30. The number of ether oxygens (including phenoxy) is 3. The lowest BCUT2D eigenvalue weighted by Crippen LogP contribution is -2.17. The van der Waals surface area contributed by atoms with E-state index in [1.165, 1.54) is 0 Å². The fourth-order valence-electron chi connectivity index (χ4n) is 0.580. The minimum absolute atomic E-state index is 0.156. The van der Waals surface area contributed by atoms with E-state index in [0.29, 0.717) is 0 Å². The summed E-state index contributed by atoms with van der Waals surface area (Å²) in [5.74, 6) is -2.78. The maximum Gasteiger partial charge on any atom is 0.340 e. The number of hydrogen-bond acceptors (Lipinski definition) is 6. The Morgan fingerprint density at radius 1 is 1.00 bits per heavy atom. The third-order valence-electron chi connectivity index (χ3n) is 1.14. The standard InChI is InChI=1S/C8H11FO6/c1-2-13-6(10)3-7(11)14-5-15-8(12)4-9/h2-5H2,1H3. The largest absolute Gasteiger partial charge is 0.466 e. The smallest absolute Gasteiger partial charge is 0.340 e. The Morgan fingerprint density at radius 3 is 2.07 bits per heavy atom. The van der Waals surface area contributed by atoms with Crippen LogP contribution < -0.4 is 0 Å². The molecule has 6 nitrogen and oxygen atoms in total. The van der Waals surface area contributed by atoms with Crippen LogP contribution in [0.15, 0.2) is 0 Å². The van der Waals surface area contributed by atoms with E-state index in [1.54, 1.807) is 6.92 Å². The van der Waals surface area contributed by atoms with Crippen LogP contribution in [-0.2, 0) is 28.6 Å². The van der Waals surface area contributed by atoms with Gasteiger partial charge in [-0.15, -0.1) is 0 Å². The molecule has 0 aliphatic heterocycles. The zero-order valence-electron chi connectivity index (χ0n) is 8.16. The highest BCUT2D eigenvalue weighted by molar-refractivity contribution is 5.91.